The van der Waals surface area contributed by atoms with Crippen LogP contribution in [0.3, 0.4) is 0 Å². The van der Waals surface area contributed by atoms with Gasteiger partial charge in [-0.2, -0.15) is 5.26 Å². The average molecular weight is 350 g/mol. The molecule has 0 fully saturated rings. The summed E-state index contributed by atoms with van der Waals surface area (Å²) in [6.07, 6.45) is 0. The van der Waals surface area contributed by atoms with Crippen molar-refractivity contribution in [2.75, 3.05) is 12.4 Å². The minimum atomic E-state index is -0.348. The summed E-state index contributed by atoms with van der Waals surface area (Å²) in [5.41, 5.74) is 1.98. The van der Waals surface area contributed by atoms with Crippen molar-refractivity contribution in [1.82, 2.24) is 9.88 Å². The van der Waals surface area contributed by atoms with Gasteiger partial charge in [-0.25, -0.2) is 4.98 Å². The number of anilines is 1. The summed E-state index contributed by atoms with van der Waals surface area (Å²) >= 11 is 1.64. The van der Waals surface area contributed by atoms with Crippen LogP contribution in [-0.2, 0) is 11.3 Å². The molecule has 25 heavy (non-hydrogen) atoms. The van der Waals surface area contributed by atoms with Crippen LogP contribution >= 0.6 is 11.3 Å². The van der Waals surface area contributed by atoms with Crippen molar-refractivity contribution in [3.63, 3.8) is 0 Å². The molecule has 0 unspecified atom stereocenters. The second kappa shape index (κ2) is 7.43. The molecule has 1 N–H and O–H groups in total. The fourth-order valence-electron chi connectivity index (χ4n) is 2.46. The summed E-state index contributed by atoms with van der Waals surface area (Å²) in [5, 5.41) is 12.9. The van der Waals surface area contributed by atoms with Gasteiger partial charge in [0.05, 0.1) is 34.1 Å². The number of benzene rings is 2. The van der Waals surface area contributed by atoms with Gasteiger partial charge in [0.25, 0.3) is 0 Å². The smallest absolute Gasteiger partial charge is 0.241 e. The highest BCUT2D eigenvalue weighted by Crippen LogP contribution is 2.23. The van der Waals surface area contributed by atoms with E-state index in [1.807, 2.05) is 43.1 Å². The number of fused-ring (bicyclic) bond motifs is 1. The van der Waals surface area contributed by atoms with Crippen LogP contribution in [0.5, 0.6) is 0 Å². The standard InChI is InChI=1S/C19H18N4OS/c1-13(19(24)22-15-8-4-3-7-14(15)11-20)23(2)12-18-21-16-9-5-6-10-17(16)25-18/h3-10,13H,12H2,1-2H3,(H,22,24)/t13-/m1/s1. The molecule has 0 aliphatic carbocycles. The number of carbonyl (C=O) groups is 1. The van der Waals surface area contributed by atoms with Gasteiger partial charge in [0.1, 0.15) is 11.1 Å². The van der Waals surface area contributed by atoms with E-state index >= 15 is 0 Å². The molecule has 1 atom stereocenters. The van der Waals surface area contributed by atoms with E-state index in [0.717, 1.165) is 15.2 Å². The van der Waals surface area contributed by atoms with E-state index < -0.39 is 0 Å². The van der Waals surface area contributed by atoms with Gasteiger partial charge in [-0.15, -0.1) is 11.3 Å². The number of nitrogens with one attached hydrogen (secondary N) is 1. The summed E-state index contributed by atoms with van der Waals surface area (Å²) < 4.78 is 1.14. The molecule has 0 radical (unpaired) electrons. The lowest BCUT2D eigenvalue weighted by Crippen LogP contribution is -2.39. The summed E-state index contributed by atoms with van der Waals surface area (Å²) in [6, 6.07) is 16.7. The van der Waals surface area contributed by atoms with Crippen molar-refractivity contribution in [2.24, 2.45) is 0 Å². The van der Waals surface area contributed by atoms with Crippen molar-refractivity contribution in [3.8, 4) is 6.07 Å². The number of nitriles is 1. The molecule has 0 aliphatic rings. The second-order valence-electron chi connectivity index (χ2n) is 5.81. The third kappa shape index (κ3) is 3.85. The Morgan fingerprint density at radius 3 is 2.76 bits per heavy atom. The van der Waals surface area contributed by atoms with Crippen LogP contribution in [0.4, 0.5) is 5.69 Å². The quantitative estimate of drug-likeness (QED) is 0.763. The molecule has 2 aromatic carbocycles. The van der Waals surface area contributed by atoms with E-state index in [1.54, 1.807) is 35.6 Å². The molecular weight excluding hydrogens is 332 g/mol. The molecule has 0 saturated carbocycles. The first-order valence-electron chi connectivity index (χ1n) is 7.93. The minimum absolute atomic E-state index is 0.147. The summed E-state index contributed by atoms with van der Waals surface area (Å²) in [5.74, 6) is -0.147. The maximum Gasteiger partial charge on any atom is 0.241 e. The van der Waals surface area contributed by atoms with Gasteiger partial charge in [0, 0.05) is 0 Å². The fourth-order valence-corrected chi connectivity index (χ4v) is 3.50. The van der Waals surface area contributed by atoms with Crippen LogP contribution in [-0.4, -0.2) is 28.9 Å². The Labute approximate surface area is 150 Å². The Bertz CT molecular complexity index is 911. The van der Waals surface area contributed by atoms with Crippen LogP contribution in [0.2, 0.25) is 0 Å². The molecule has 0 bridgehead atoms. The molecule has 5 nitrogen and oxygen atoms in total. The number of likely N-dealkylation sites (N-methyl/N-ethyl adjacent to an activating group) is 1. The molecule has 3 aromatic rings. The first-order valence-corrected chi connectivity index (χ1v) is 8.75. The lowest BCUT2D eigenvalue weighted by atomic mass is 10.2. The van der Waals surface area contributed by atoms with Crippen molar-refractivity contribution < 1.29 is 4.79 Å². The first-order chi connectivity index (χ1) is 12.1. The number of amides is 1. The zero-order chi connectivity index (χ0) is 17.8. The molecule has 0 spiro atoms. The molecule has 1 amide bonds. The van der Waals surface area contributed by atoms with Gasteiger partial charge in [-0.05, 0) is 38.2 Å². The maximum atomic E-state index is 12.5. The lowest BCUT2D eigenvalue weighted by Gasteiger charge is -2.23. The summed E-state index contributed by atoms with van der Waals surface area (Å²) in [7, 11) is 1.90. The van der Waals surface area contributed by atoms with Gasteiger partial charge in [-0.3, -0.25) is 9.69 Å². The van der Waals surface area contributed by atoms with Crippen LogP contribution in [0, 0.1) is 11.3 Å². The van der Waals surface area contributed by atoms with Crippen LogP contribution < -0.4 is 5.32 Å². The van der Waals surface area contributed by atoms with Crippen LogP contribution in [0.1, 0.15) is 17.5 Å². The maximum absolute atomic E-state index is 12.5. The Morgan fingerprint density at radius 2 is 2.00 bits per heavy atom. The number of nitrogens with zero attached hydrogens (tertiary/aromatic N) is 3. The topological polar surface area (TPSA) is 69.0 Å². The van der Waals surface area contributed by atoms with Gasteiger partial charge in [-0.1, -0.05) is 24.3 Å². The second-order valence-corrected chi connectivity index (χ2v) is 6.93. The van der Waals surface area contributed by atoms with Crippen LogP contribution in [0.25, 0.3) is 10.2 Å². The Hall–Kier alpha value is -2.75. The van der Waals surface area contributed by atoms with E-state index in [-0.39, 0.29) is 11.9 Å². The summed E-state index contributed by atoms with van der Waals surface area (Å²) in [4.78, 5) is 19.1. The van der Waals surface area contributed by atoms with Gasteiger partial charge in [0.2, 0.25) is 5.91 Å². The number of hydrogen-bond acceptors (Lipinski definition) is 5. The van der Waals surface area contributed by atoms with Crippen molar-refractivity contribution in [1.29, 1.82) is 5.26 Å². The van der Waals surface area contributed by atoms with Gasteiger partial charge in [0.15, 0.2) is 0 Å². The zero-order valence-electron chi connectivity index (χ0n) is 14.1. The highest BCUT2D eigenvalue weighted by Gasteiger charge is 2.20. The van der Waals surface area contributed by atoms with Crippen molar-refractivity contribution >= 4 is 33.1 Å². The predicted octanol–water partition coefficient (Wildman–Crippen LogP) is 3.63. The molecule has 126 valence electrons. The van der Waals surface area contributed by atoms with E-state index in [2.05, 4.69) is 16.4 Å². The fraction of sp³-hybridized carbons (Fsp3) is 0.211. The number of rotatable bonds is 5. The summed E-state index contributed by atoms with van der Waals surface area (Å²) in [6.45, 7) is 2.44. The molecular formula is C19H18N4OS. The Kier molecular flexibility index (Phi) is 5.08. The van der Waals surface area contributed by atoms with E-state index in [4.69, 9.17) is 5.26 Å². The number of carbonyl (C=O) groups excluding carboxylic acids is 1. The number of hydrogen-bond donors (Lipinski definition) is 1. The largest absolute Gasteiger partial charge is 0.324 e. The van der Waals surface area contributed by atoms with Gasteiger partial charge >= 0.3 is 0 Å². The third-order valence-electron chi connectivity index (χ3n) is 4.07. The highest BCUT2D eigenvalue weighted by molar-refractivity contribution is 7.18. The van der Waals surface area contributed by atoms with Crippen LogP contribution in [0.15, 0.2) is 48.5 Å². The average Bonchev–Trinajstić information content (AvgIpc) is 3.03. The molecule has 0 saturated heterocycles. The Balaban J connectivity index is 1.68. The lowest BCUT2D eigenvalue weighted by molar-refractivity contribution is -0.120. The van der Waals surface area contributed by atoms with E-state index in [9.17, 15) is 4.79 Å². The Morgan fingerprint density at radius 1 is 1.28 bits per heavy atom. The molecule has 6 heteroatoms. The number of thiazole rings is 1. The third-order valence-corrected chi connectivity index (χ3v) is 5.09. The molecule has 1 heterocycles. The highest BCUT2D eigenvalue weighted by atomic mass is 32.1. The number of para-hydroxylation sites is 2. The number of aromatic nitrogens is 1. The van der Waals surface area contributed by atoms with Crippen molar-refractivity contribution in [3.05, 3.63) is 59.1 Å². The predicted molar refractivity (Wildman–Crippen MR) is 100 cm³/mol. The first kappa shape index (κ1) is 17.1. The van der Waals surface area contributed by atoms with Gasteiger partial charge < -0.3 is 5.32 Å². The normalized spacial score (nSPS) is 12.1. The minimum Gasteiger partial charge on any atom is -0.324 e. The molecule has 1 aromatic heterocycles. The van der Waals surface area contributed by atoms with Crippen molar-refractivity contribution in [2.45, 2.75) is 19.5 Å². The van der Waals surface area contributed by atoms with E-state index in [0.29, 0.717) is 17.8 Å². The SMILES string of the molecule is C[C@H](C(=O)Nc1ccccc1C#N)N(C)Cc1nc2ccccc2s1. The monoisotopic (exact) mass is 350 g/mol. The zero-order valence-corrected chi connectivity index (χ0v) is 14.9. The van der Waals surface area contributed by atoms with E-state index in [1.165, 1.54) is 0 Å². The molecule has 0 aliphatic heterocycles. The molecule has 3 rings (SSSR count).